The summed E-state index contributed by atoms with van der Waals surface area (Å²) in [5, 5.41) is 9.14. The molecule has 13 nitrogen and oxygen atoms in total. The Morgan fingerprint density at radius 3 is 1.83 bits per heavy atom. The number of nitrogens with one attached hydrogen (secondary N) is 2. The van der Waals surface area contributed by atoms with Crippen LogP contribution in [0.15, 0.2) is 140 Å². The number of rotatable bonds is 16. The van der Waals surface area contributed by atoms with Crippen LogP contribution in [-0.2, 0) is 23.1 Å². The van der Waals surface area contributed by atoms with Crippen molar-refractivity contribution in [1.82, 2.24) is 44.4 Å². The van der Waals surface area contributed by atoms with Crippen molar-refractivity contribution in [3.8, 4) is 66.3 Å². The Hall–Kier alpha value is -7.30. The fourth-order valence-corrected chi connectivity index (χ4v) is 10.2. The van der Waals surface area contributed by atoms with Gasteiger partial charge in [-0.15, -0.1) is 22.7 Å². The Morgan fingerprint density at radius 2 is 1.23 bits per heavy atom. The average Bonchev–Trinajstić information content (AvgIpc) is 4.08. The van der Waals surface area contributed by atoms with E-state index >= 15 is 0 Å². The maximum Gasteiger partial charge on any atom is 0.199 e. The molecule has 0 bridgehead atoms. The molecule has 8 heterocycles. The Labute approximate surface area is 383 Å². The van der Waals surface area contributed by atoms with E-state index in [-0.39, 0.29) is 12.6 Å². The van der Waals surface area contributed by atoms with E-state index in [2.05, 4.69) is 81.0 Å². The van der Waals surface area contributed by atoms with Crippen molar-refractivity contribution in [2.24, 2.45) is 7.05 Å². The van der Waals surface area contributed by atoms with Gasteiger partial charge in [-0.25, -0.2) is 29.9 Å². The molecule has 2 aromatic carbocycles. The second kappa shape index (κ2) is 18.8. The summed E-state index contributed by atoms with van der Waals surface area (Å²) >= 11 is 3.27. The third kappa shape index (κ3) is 8.69. The first-order valence-corrected chi connectivity index (χ1v) is 22.8. The molecule has 10 aromatic rings. The van der Waals surface area contributed by atoms with Gasteiger partial charge in [-0.3, -0.25) is 9.97 Å². The van der Waals surface area contributed by atoms with Crippen molar-refractivity contribution in [3.05, 3.63) is 146 Å². The van der Waals surface area contributed by atoms with Gasteiger partial charge in [0.2, 0.25) is 0 Å². The monoisotopic (exact) mass is 893 g/mol. The number of aromatic nitrogens is 9. The summed E-state index contributed by atoms with van der Waals surface area (Å²) in [7, 11) is 3.65. The third-order valence-electron chi connectivity index (χ3n) is 10.8. The SMILES string of the molecule is COCC(C)Nc1nc(-c2cccc(COCCNc3nc(-c4nccn4C)nc4sc(-c5ccncc5)c(-c5ccccc5)c34)n2)nc2sc(-c3ccncc3)c(-c3ccccc3)c12. The predicted molar refractivity (Wildman–Crippen MR) is 261 cm³/mol. The molecule has 0 radical (unpaired) electrons. The summed E-state index contributed by atoms with van der Waals surface area (Å²) in [5.74, 6) is 3.16. The van der Waals surface area contributed by atoms with Crippen molar-refractivity contribution in [3.63, 3.8) is 0 Å². The van der Waals surface area contributed by atoms with Crippen LogP contribution in [0.2, 0.25) is 0 Å². The topological polar surface area (TPSA) is 151 Å². The van der Waals surface area contributed by atoms with E-state index in [1.54, 1.807) is 36.0 Å². The number of anilines is 2. The average molecular weight is 894 g/mol. The lowest BCUT2D eigenvalue weighted by Crippen LogP contribution is -2.22. The Morgan fingerprint density at radius 1 is 0.631 bits per heavy atom. The highest BCUT2D eigenvalue weighted by Crippen LogP contribution is 2.48. The standard InChI is InChI=1S/C50H43N11O2S2/c1-31(29-62-3)55-46-41-39(33-13-8-5-9-14-33)43(35-19-23-52-24-20-35)65-50(41)59-44(57-46)37-16-10-15-36(56-37)30-63-28-26-53-45-40-38(32-11-6-4-7-12-32)42(34-17-21-51-22-18-34)64-49(40)60-47(58-45)48-54-25-27-61(48)2/h4-25,27,31H,26,28-30H2,1-3H3,(H,53,58,60)(H,55,57,59). The summed E-state index contributed by atoms with van der Waals surface area (Å²) in [4.78, 5) is 42.5. The number of fused-ring (bicyclic) bond motifs is 2. The first kappa shape index (κ1) is 41.7. The molecule has 0 fully saturated rings. The van der Waals surface area contributed by atoms with Gasteiger partial charge in [-0.05, 0) is 65.6 Å². The summed E-state index contributed by atoms with van der Waals surface area (Å²) in [6.45, 7) is 3.74. The summed E-state index contributed by atoms with van der Waals surface area (Å²) in [5.41, 5.74) is 7.81. The van der Waals surface area contributed by atoms with E-state index in [4.69, 9.17) is 34.4 Å². The molecule has 322 valence electrons. The van der Waals surface area contributed by atoms with E-state index in [1.165, 1.54) is 0 Å². The smallest absolute Gasteiger partial charge is 0.199 e. The van der Waals surface area contributed by atoms with Crippen LogP contribution in [0.3, 0.4) is 0 Å². The number of methoxy groups -OCH3 is 1. The Balaban J connectivity index is 0.938. The van der Waals surface area contributed by atoms with Crippen LogP contribution in [0.4, 0.5) is 11.6 Å². The zero-order valence-corrected chi connectivity index (χ0v) is 37.5. The molecule has 0 aliphatic carbocycles. The number of imidazole rings is 1. The molecule has 0 saturated heterocycles. The van der Waals surface area contributed by atoms with Crippen LogP contribution in [0.5, 0.6) is 0 Å². The molecule has 8 aromatic heterocycles. The maximum absolute atomic E-state index is 6.29. The maximum atomic E-state index is 6.29. The van der Waals surface area contributed by atoms with Crippen LogP contribution in [0.1, 0.15) is 12.6 Å². The quantitative estimate of drug-likeness (QED) is 0.0889. The number of ether oxygens (including phenoxy) is 2. The molecule has 0 saturated carbocycles. The molecule has 0 amide bonds. The summed E-state index contributed by atoms with van der Waals surface area (Å²) < 4.78 is 13.7. The molecule has 65 heavy (non-hydrogen) atoms. The van der Waals surface area contributed by atoms with Crippen molar-refractivity contribution in [1.29, 1.82) is 0 Å². The predicted octanol–water partition coefficient (Wildman–Crippen LogP) is 10.7. The largest absolute Gasteiger partial charge is 0.383 e. The molecule has 15 heteroatoms. The highest BCUT2D eigenvalue weighted by atomic mass is 32.1. The normalized spacial score (nSPS) is 11.9. The Bertz CT molecular complexity index is 3220. The summed E-state index contributed by atoms with van der Waals surface area (Å²) in [6, 6.07) is 34.7. The number of nitrogens with zero attached hydrogens (tertiary/aromatic N) is 9. The fraction of sp³-hybridized carbons (Fsp3) is 0.160. The van der Waals surface area contributed by atoms with Crippen molar-refractivity contribution in [2.45, 2.75) is 19.6 Å². The molecule has 0 aliphatic rings. The molecular formula is C50H43N11O2S2. The summed E-state index contributed by atoms with van der Waals surface area (Å²) in [6.07, 6.45) is 10.9. The molecule has 1 atom stereocenters. The number of pyridine rings is 3. The van der Waals surface area contributed by atoms with E-state index in [1.807, 2.05) is 97.2 Å². The van der Waals surface area contributed by atoms with E-state index in [0.29, 0.717) is 48.7 Å². The van der Waals surface area contributed by atoms with E-state index < -0.39 is 0 Å². The first-order valence-electron chi connectivity index (χ1n) is 21.1. The van der Waals surface area contributed by atoms with Crippen molar-refractivity contribution < 1.29 is 9.47 Å². The van der Waals surface area contributed by atoms with Gasteiger partial charge < -0.3 is 24.7 Å². The van der Waals surface area contributed by atoms with Crippen molar-refractivity contribution >= 4 is 54.7 Å². The lowest BCUT2D eigenvalue weighted by atomic mass is 10.00. The van der Waals surface area contributed by atoms with Gasteiger partial charge >= 0.3 is 0 Å². The highest BCUT2D eigenvalue weighted by Gasteiger charge is 2.25. The number of hydrogen-bond acceptors (Lipinski definition) is 14. The molecule has 10 rings (SSSR count). The van der Waals surface area contributed by atoms with Gasteiger partial charge in [0.1, 0.15) is 27.0 Å². The molecule has 0 aliphatic heterocycles. The molecule has 0 spiro atoms. The van der Waals surface area contributed by atoms with E-state index in [0.717, 1.165) is 75.1 Å². The fourth-order valence-electron chi connectivity index (χ4n) is 7.83. The minimum absolute atomic E-state index is 0.0203. The molecular weight excluding hydrogens is 851 g/mol. The second-order valence-corrected chi connectivity index (χ2v) is 17.3. The molecule has 1 unspecified atom stereocenters. The van der Waals surface area contributed by atoms with Gasteiger partial charge in [0.15, 0.2) is 17.5 Å². The van der Waals surface area contributed by atoms with Crippen LogP contribution < -0.4 is 10.6 Å². The number of thiophene rings is 2. The van der Waals surface area contributed by atoms with Crippen LogP contribution >= 0.6 is 22.7 Å². The second-order valence-electron chi connectivity index (χ2n) is 15.3. The lowest BCUT2D eigenvalue weighted by molar-refractivity contribution is 0.128. The minimum atomic E-state index is -0.0203. The highest BCUT2D eigenvalue weighted by molar-refractivity contribution is 7.23. The number of hydrogen-bond donors (Lipinski definition) is 2. The number of aryl methyl sites for hydroxylation is 1. The van der Waals surface area contributed by atoms with Gasteiger partial charge in [0.05, 0.1) is 36.3 Å². The van der Waals surface area contributed by atoms with Gasteiger partial charge in [0.25, 0.3) is 0 Å². The lowest BCUT2D eigenvalue weighted by Gasteiger charge is -2.16. The minimum Gasteiger partial charge on any atom is -0.383 e. The van der Waals surface area contributed by atoms with E-state index in [9.17, 15) is 0 Å². The van der Waals surface area contributed by atoms with Crippen LogP contribution in [0, 0.1) is 0 Å². The first-order chi connectivity index (χ1) is 32.0. The van der Waals surface area contributed by atoms with Crippen molar-refractivity contribution in [2.75, 3.05) is 37.5 Å². The van der Waals surface area contributed by atoms with Crippen LogP contribution in [0.25, 0.3) is 86.7 Å². The third-order valence-corrected chi connectivity index (χ3v) is 13.0. The van der Waals surface area contributed by atoms with Gasteiger partial charge in [-0.2, -0.15) is 0 Å². The van der Waals surface area contributed by atoms with Gasteiger partial charge in [-0.1, -0.05) is 66.7 Å². The molecule has 2 N–H and O–H groups in total. The Kier molecular flexibility index (Phi) is 12.1. The van der Waals surface area contributed by atoms with Crippen LogP contribution in [-0.4, -0.2) is 77.3 Å². The van der Waals surface area contributed by atoms with Gasteiger partial charge in [0, 0.05) is 84.8 Å². The zero-order chi connectivity index (χ0) is 44.1. The number of benzene rings is 2. The zero-order valence-electron chi connectivity index (χ0n) is 35.8.